The van der Waals surface area contributed by atoms with Crippen LogP contribution < -0.4 is 16.0 Å². The number of rotatable bonds is 3. The van der Waals surface area contributed by atoms with Crippen LogP contribution >= 0.6 is 0 Å². The van der Waals surface area contributed by atoms with Gasteiger partial charge in [-0.05, 0) is 6.07 Å². The molecule has 0 atom stereocenters. The molecule has 78 valence electrons. The third-order valence-corrected chi connectivity index (χ3v) is 1.65. The van der Waals surface area contributed by atoms with Crippen LogP contribution in [-0.4, -0.2) is 19.7 Å². The predicted octanol–water partition coefficient (Wildman–Crippen LogP) is 0.288. The summed E-state index contributed by atoms with van der Waals surface area (Å²) in [5, 5.41) is 3.95. The van der Waals surface area contributed by atoms with Crippen molar-refractivity contribution in [3.05, 3.63) is 24.5 Å². The molecule has 2 aromatic rings. The van der Waals surface area contributed by atoms with Crippen molar-refractivity contribution in [2.24, 2.45) is 12.9 Å². The molecule has 2 aromatic heterocycles. The van der Waals surface area contributed by atoms with Crippen LogP contribution in [0.4, 0.5) is 5.82 Å². The van der Waals surface area contributed by atoms with E-state index in [9.17, 15) is 0 Å². The zero-order valence-electron chi connectivity index (χ0n) is 8.08. The fraction of sp³-hybridized carbons (Fsp3) is 0.125. The Balaban J connectivity index is 2.16. The minimum atomic E-state index is 0.249. The van der Waals surface area contributed by atoms with Gasteiger partial charge in [0.25, 0.3) is 0 Å². The highest BCUT2D eigenvalue weighted by Gasteiger charge is 2.03. The van der Waals surface area contributed by atoms with Crippen molar-refractivity contribution < 1.29 is 4.74 Å². The normalized spacial score (nSPS) is 10.0. The molecule has 0 unspecified atom stereocenters. The van der Waals surface area contributed by atoms with Crippen LogP contribution in [0.25, 0.3) is 0 Å². The number of anilines is 1. The number of nitrogens with one attached hydrogen (secondary N) is 1. The van der Waals surface area contributed by atoms with Gasteiger partial charge in [-0.1, -0.05) is 6.07 Å². The van der Waals surface area contributed by atoms with Crippen LogP contribution in [-0.2, 0) is 7.05 Å². The third kappa shape index (κ3) is 2.20. The monoisotopic (exact) mass is 206 g/mol. The van der Waals surface area contributed by atoms with Crippen molar-refractivity contribution in [3.63, 3.8) is 0 Å². The second kappa shape index (κ2) is 3.93. The van der Waals surface area contributed by atoms with E-state index < -0.39 is 0 Å². The van der Waals surface area contributed by atoms with Crippen LogP contribution in [0.1, 0.15) is 0 Å². The lowest BCUT2D eigenvalue weighted by molar-refractivity contribution is 0.423. The summed E-state index contributed by atoms with van der Waals surface area (Å²) < 4.78 is 6.83. The second-order valence-electron chi connectivity index (χ2n) is 2.81. The molecule has 0 amide bonds. The van der Waals surface area contributed by atoms with Crippen molar-refractivity contribution in [1.29, 1.82) is 0 Å². The molecule has 7 nitrogen and oxygen atoms in total. The van der Waals surface area contributed by atoms with Crippen molar-refractivity contribution in [1.82, 2.24) is 19.7 Å². The van der Waals surface area contributed by atoms with Gasteiger partial charge in [0.2, 0.25) is 5.88 Å². The molecule has 0 aliphatic heterocycles. The van der Waals surface area contributed by atoms with Gasteiger partial charge in [-0.15, -0.1) is 5.10 Å². The van der Waals surface area contributed by atoms with E-state index in [2.05, 4.69) is 20.5 Å². The summed E-state index contributed by atoms with van der Waals surface area (Å²) >= 11 is 0. The first-order valence-electron chi connectivity index (χ1n) is 4.25. The Kier molecular flexibility index (Phi) is 2.46. The summed E-state index contributed by atoms with van der Waals surface area (Å²) in [4.78, 5) is 7.95. The molecule has 3 N–H and O–H groups in total. The molecular weight excluding hydrogens is 196 g/mol. The largest absolute Gasteiger partial charge is 0.404 e. The molecule has 7 heteroatoms. The van der Waals surface area contributed by atoms with E-state index in [0.717, 1.165) is 0 Å². The Morgan fingerprint density at radius 3 is 3.00 bits per heavy atom. The number of hydrogen-bond acceptors (Lipinski definition) is 6. The average Bonchev–Trinajstić information content (AvgIpc) is 2.64. The molecule has 0 spiro atoms. The van der Waals surface area contributed by atoms with E-state index in [1.54, 1.807) is 36.3 Å². The second-order valence-corrected chi connectivity index (χ2v) is 2.81. The Morgan fingerprint density at radius 1 is 1.47 bits per heavy atom. The molecule has 2 heterocycles. The smallest absolute Gasteiger partial charge is 0.342 e. The van der Waals surface area contributed by atoms with Crippen LogP contribution in [0.3, 0.4) is 0 Å². The molecule has 0 radical (unpaired) electrons. The standard InChI is InChI=1S/C8H10N6O/c1-14-5-10-8(13-14)15-7-4-2-3-6(11-7)12-9/h2-5H,9H2,1H3,(H,11,12). The number of nitrogens with two attached hydrogens (primary N) is 1. The summed E-state index contributed by atoms with van der Waals surface area (Å²) in [5.41, 5.74) is 2.42. The van der Waals surface area contributed by atoms with E-state index in [1.807, 2.05) is 0 Å². The topological polar surface area (TPSA) is 90.9 Å². The minimum absolute atomic E-state index is 0.249. The van der Waals surface area contributed by atoms with Crippen LogP contribution in [0.2, 0.25) is 0 Å². The first-order chi connectivity index (χ1) is 7.28. The summed E-state index contributed by atoms with van der Waals surface area (Å²) in [5.74, 6) is 6.12. The molecule has 0 aromatic carbocycles. The SMILES string of the molecule is Cn1cnc(Oc2cccc(NN)n2)n1. The first-order valence-corrected chi connectivity index (χ1v) is 4.25. The van der Waals surface area contributed by atoms with E-state index in [4.69, 9.17) is 10.6 Å². The maximum absolute atomic E-state index is 5.29. The number of hydrogen-bond donors (Lipinski definition) is 2. The fourth-order valence-electron chi connectivity index (χ4n) is 1.01. The highest BCUT2D eigenvalue weighted by Crippen LogP contribution is 2.15. The van der Waals surface area contributed by atoms with Crippen molar-refractivity contribution in [2.45, 2.75) is 0 Å². The Bertz CT molecular complexity index is 454. The van der Waals surface area contributed by atoms with Gasteiger partial charge in [0.05, 0.1) is 0 Å². The van der Waals surface area contributed by atoms with Gasteiger partial charge in [-0.3, -0.25) is 4.68 Å². The molecule has 0 aliphatic rings. The molecule has 0 saturated heterocycles. The van der Waals surface area contributed by atoms with Crippen LogP contribution in [0.15, 0.2) is 24.5 Å². The molecule has 0 aliphatic carbocycles. The van der Waals surface area contributed by atoms with Crippen LogP contribution in [0.5, 0.6) is 11.9 Å². The predicted molar refractivity (Wildman–Crippen MR) is 53.1 cm³/mol. The Labute approximate surface area is 85.9 Å². The van der Waals surface area contributed by atoms with Gasteiger partial charge < -0.3 is 10.2 Å². The number of aromatic nitrogens is 4. The highest BCUT2D eigenvalue weighted by atomic mass is 16.5. The van der Waals surface area contributed by atoms with Gasteiger partial charge in [0, 0.05) is 13.1 Å². The van der Waals surface area contributed by atoms with E-state index in [1.165, 1.54) is 0 Å². The van der Waals surface area contributed by atoms with Crippen molar-refractivity contribution >= 4 is 5.82 Å². The van der Waals surface area contributed by atoms with E-state index in [0.29, 0.717) is 11.7 Å². The highest BCUT2D eigenvalue weighted by molar-refractivity contribution is 5.35. The van der Waals surface area contributed by atoms with Gasteiger partial charge in [0.1, 0.15) is 12.1 Å². The zero-order valence-corrected chi connectivity index (χ0v) is 8.08. The number of hydrazine groups is 1. The zero-order chi connectivity index (χ0) is 10.7. The maximum Gasteiger partial charge on any atom is 0.342 e. The molecule has 2 rings (SSSR count). The maximum atomic E-state index is 5.29. The number of ether oxygens (including phenoxy) is 1. The van der Waals surface area contributed by atoms with Crippen molar-refractivity contribution in [2.75, 3.05) is 5.43 Å². The van der Waals surface area contributed by atoms with Gasteiger partial charge in [-0.25, -0.2) is 5.84 Å². The number of nitrogens with zero attached hydrogens (tertiary/aromatic N) is 4. The number of pyridine rings is 1. The van der Waals surface area contributed by atoms with Gasteiger partial charge in [-0.2, -0.15) is 9.97 Å². The van der Waals surface area contributed by atoms with E-state index in [-0.39, 0.29) is 6.01 Å². The summed E-state index contributed by atoms with van der Waals surface area (Å²) in [6.45, 7) is 0. The first kappa shape index (κ1) is 9.41. The molecule has 15 heavy (non-hydrogen) atoms. The quantitative estimate of drug-likeness (QED) is 0.554. The van der Waals surface area contributed by atoms with Gasteiger partial charge >= 0.3 is 6.01 Å². The summed E-state index contributed by atoms with van der Waals surface area (Å²) in [7, 11) is 1.76. The van der Waals surface area contributed by atoms with Crippen molar-refractivity contribution in [3.8, 4) is 11.9 Å². The summed E-state index contributed by atoms with van der Waals surface area (Å²) in [6.07, 6.45) is 1.54. The molecular formula is C8H10N6O. The fourth-order valence-corrected chi connectivity index (χ4v) is 1.01. The van der Waals surface area contributed by atoms with Gasteiger partial charge in [0.15, 0.2) is 0 Å². The Hall–Kier alpha value is -2.15. The third-order valence-electron chi connectivity index (χ3n) is 1.65. The lowest BCUT2D eigenvalue weighted by atomic mass is 10.4. The minimum Gasteiger partial charge on any atom is -0.404 e. The Morgan fingerprint density at radius 2 is 2.33 bits per heavy atom. The average molecular weight is 206 g/mol. The van der Waals surface area contributed by atoms with Crippen LogP contribution in [0, 0.1) is 0 Å². The molecule has 0 bridgehead atoms. The molecule has 0 saturated carbocycles. The number of nitrogen functional groups attached to an aromatic ring is 1. The number of aryl methyl sites for hydroxylation is 1. The lowest BCUT2D eigenvalue weighted by Gasteiger charge is -2.02. The molecule has 0 fully saturated rings. The van der Waals surface area contributed by atoms with E-state index >= 15 is 0 Å². The lowest BCUT2D eigenvalue weighted by Crippen LogP contribution is -2.08. The summed E-state index contributed by atoms with van der Waals surface area (Å²) in [6, 6.07) is 5.43.